The average molecular weight is 488 g/mol. The zero-order chi connectivity index (χ0) is 24.9. The lowest BCUT2D eigenvalue weighted by atomic mass is 9.77. The van der Waals surface area contributed by atoms with Gasteiger partial charge in [-0.05, 0) is 29.0 Å². The Balaban J connectivity index is 1.97. The van der Waals surface area contributed by atoms with Crippen LogP contribution in [0.5, 0.6) is 0 Å². The minimum atomic E-state index is -3.40. The molecule has 0 bridgehead atoms. The van der Waals surface area contributed by atoms with Crippen LogP contribution in [0.2, 0.25) is 0 Å². The number of nitrogens with zero attached hydrogens (tertiary/aromatic N) is 3. The standard InChI is InChI=1S/C29H33N3O2S/c1-4-23(5-2)21-27(35(3,33)34)28-30-22-32(31-28)29(24-15-9-6-10-16-24,25-17-11-7-12-18-25)26-19-13-8-14-20-26/h6-20,22-23,27H,4-5,21H2,1-3H3. The molecule has 6 heteroatoms. The molecule has 35 heavy (non-hydrogen) atoms. The van der Waals surface area contributed by atoms with Crippen LogP contribution in [0.1, 0.15) is 60.9 Å². The van der Waals surface area contributed by atoms with E-state index in [1.165, 1.54) is 6.26 Å². The maximum Gasteiger partial charge on any atom is 0.168 e. The summed E-state index contributed by atoms with van der Waals surface area (Å²) in [5.74, 6) is 0.648. The van der Waals surface area contributed by atoms with Gasteiger partial charge in [0.05, 0.1) is 0 Å². The normalized spacial score (nSPS) is 13.1. The first kappa shape index (κ1) is 24.9. The molecule has 0 saturated heterocycles. The number of hydrogen-bond acceptors (Lipinski definition) is 4. The van der Waals surface area contributed by atoms with Crippen molar-refractivity contribution in [1.29, 1.82) is 0 Å². The van der Waals surface area contributed by atoms with Gasteiger partial charge in [0.2, 0.25) is 0 Å². The second-order valence-electron chi connectivity index (χ2n) is 9.09. The van der Waals surface area contributed by atoms with Crippen molar-refractivity contribution in [3.63, 3.8) is 0 Å². The van der Waals surface area contributed by atoms with E-state index in [1.807, 2.05) is 59.3 Å². The molecule has 0 radical (unpaired) electrons. The number of rotatable bonds is 10. The van der Waals surface area contributed by atoms with E-state index < -0.39 is 20.6 Å². The smallest absolute Gasteiger partial charge is 0.168 e. The molecule has 182 valence electrons. The molecule has 4 aromatic rings. The summed E-state index contributed by atoms with van der Waals surface area (Å²) in [6.45, 7) is 4.20. The van der Waals surface area contributed by atoms with Crippen LogP contribution in [0.4, 0.5) is 0 Å². The molecule has 0 saturated carbocycles. The SMILES string of the molecule is CCC(CC)CC(c1ncn(C(c2ccccc2)(c2ccccc2)c2ccccc2)n1)S(C)(=O)=O. The summed E-state index contributed by atoms with van der Waals surface area (Å²) in [5, 5.41) is 4.18. The van der Waals surface area contributed by atoms with E-state index >= 15 is 0 Å². The van der Waals surface area contributed by atoms with Crippen molar-refractivity contribution in [3.05, 3.63) is 120 Å². The number of benzene rings is 3. The van der Waals surface area contributed by atoms with Gasteiger partial charge in [0.1, 0.15) is 17.1 Å². The van der Waals surface area contributed by atoms with Crippen LogP contribution in [-0.2, 0) is 15.4 Å². The maximum atomic E-state index is 12.9. The van der Waals surface area contributed by atoms with Crippen molar-refractivity contribution in [2.24, 2.45) is 5.92 Å². The van der Waals surface area contributed by atoms with Gasteiger partial charge in [-0.3, -0.25) is 0 Å². The molecule has 3 aromatic carbocycles. The first-order valence-electron chi connectivity index (χ1n) is 12.2. The number of hydrogen-bond donors (Lipinski definition) is 0. The summed E-state index contributed by atoms with van der Waals surface area (Å²) in [5.41, 5.74) is 2.24. The van der Waals surface area contributed by atoms with Crippen LogP contribution >= 0.6 is 0 Å². The maximum absolute atomic E-state index is 12.9. The highest BCUT2D eigenvalue weighted by atomic mass is 32.2. The van der Waals surface area contributed by atoms with E-state index in [2.05, 4.69) is 55.2 Å². The highest BCUT2D eigenvalue weighted by molar-refractivity contribution is 7.90. The van der Waals surface area contributed by atoms with Crippen molar-refractivity contribution < 1.29 is 8.42 Å². The largest absolute Gasteiger partial charge is 0.233 e. The van der Waals surface area contributed by atoms with Gasteiger partial charge in [-0.2, -0.15) is 5.10 Å². The van der Waals surface area contributed by atoms with Crippen molar-refractivity contribution in [2.75, 3.05) is 6.26 Å². The molecule has 0 N–H and O–H groups in total. The molecule has 1 unspecified atom stereocenters. The zero-order valence-corrected chi connectivity index (χ0v) is 21.4. The van der Waals surface area contributed by atoms with E-state index in [4.69, 9.17) is 5.10 Å². The highest BCUT2D eigenvalue weighted by Crippen LogP contribution is 2.40. The third-order valence-corrected chi connectivity index (χ3v) is 8.37. The van der Waals surface area contributed by atoms with Gasteiger partial charge in [-0.25, -0.2) is 18.1 Å². The van der Waals surface area contributed by atoms with Crippen molar-refractivity contribution in [3.8, 4) is 0 Å². The first-order chi connectivity index (χ1) is 16.9. The molecule has 0 fully saturated rings. The van der Waals surface area contributed by atoms with Crippen molar-refractivity contribution in [2.45, 2.75) is 43.9 Å². The van der Waals surface area contributed by atoms with Crippen LogP contribution in [-0.4, -0.2) is 29.4 Å². The Morgan fingerprint density at radius 3 is 1.57 bits per heavy atom. The minimum Gasteiger partial charge on any atom is -0.233 e. The Morgan fingerprint density at radius 1 is 0.771 bits per heavy atom. The van der Waals surface area contributed by atoms with E-state index in [-0.39, 0.29) is 0 Å². The molecule has 0 amide bonds. The number of sulfone groups is 1. The Bertz CT molecular complexity index is 1220. The van der Waals surface area contributed by atoms with Crippen LogP contribution < -0.4 is 0 Å². The fraction of sp³-hybridized carbons (Fsp3) is 0.310. The lowest BCUT2D eigenvalue weighted by molar-refractivity contribution is 0.426. The lowest BCUT2D eigenvalue weighted by Gasteiger charge is -2.36. The minimum absolute atomic E-state index is 0.295. The monoisotopic (exact) mass is 487 g/mol. The summed E-state index contributed by atoms with van der Waals surface area (Å²) in [6.07, 6.45) is 5.34. The molecule has 0 spiro atoms. The molecule has 0 aliphatic carbocycles. The summed E-state index contributed by atoms with van der Waals surface area (Å²) >= 11 is 0. The lowest BCUT2D eigenvalue weighted by Crippen LogP contribution is -2.38. The van der Waals surface area contributed by atoms with E-state index in [9.17, 15) is 8.42 Å². The van der Waals surface area contributed by atoms with Gasteiger partial charge in [-0.1, -0.05) is 118 Å². The second kappa shape index (κ2) is 10.6. The molecular weight excluding hydrogens is 454 g/mol. The predicted molar refractivity (Wildman–Crippen MR) is 141 cm³/mol. The average Bonchev–Trinajstić information content (AvgIpc) is 3.36. The Hall–Kier alpha value is -3.25. The Labute approximate surface area is 208 Å². The summed E-state index contributed by atoms with van der Waals surface area (Å²) in [6, 6.07) is 30.6. The van der Waals surface area contributed by atoms with Gasteiger partial charge in [0.15, 0.2) is 15.7 Å². The van der Waals surface area contributed by atoms with E-state index in [1.54, 1.807) is 6.33 Å². The Morgan fingerprint density at radius 2 is 1.20 bits per heavy atom. The van der Waals surface area contributed by atoms with Crippen LogP contribution in [0.3, 0.4) is 0 Å². The third-order valence-electron chi connectivity index (χ3n) is 6.93. The van der Waals surface area contributed by atoms with Crippen LogP contribution in [0, 0.1) is 5.92 Å². The van der Waals surface area contributed by atoms with Crippen molar-refractivity contribution in [1.82, 2.24) is 14.8 Å². The van der Waals surface area contributed by atoms with Gasteiger partial charge in [0.25, 0.3) is 0 Å². The highest BCUT2D eigenvalue weighted by Gasteiger charge is 2.40. The van der Waals surface area contributed by atoms with Gasteiger partial charge < -0.3 is 0 Å². The molecular formula is C29H33N3O2S. The second-order valence-corrected chi connectivity index (χ2v) is 11.3. The fourth-order valence-electron chi connectivity index (χ4n) is 4.92. The van der Waals surface area contributed by atoms with E-state index in [0.717, 1.165) is 29.5 Å². The van der Waals surface area contributed by atoms with E-state index in [0.29, 0.717) is 18.2 Å². The van der Waals surface area contributed by atoms with Gasteiger partial charge in [-0.15, -0.1) is 0 Å². The molecule has 4 rings (SSSR count). The topological polar surface area (TPSA) is 64.8 Å². The predicted octanol–water partition coefficient (Wildman–Crippen LogP) is 6.03. The molecule has 1 aromatic heterocycles. The summed E-state index contributed by atoms with van der Waals surface area (Å²) in [7, 11) is -3.40. The molecule has 5 nitrogen and oxygen atoms in total. The first-order valence-corrected chi connectivity index (χ1v) is 14.1. The van der Waals surface area contributed by atoms with Crippen LogP contribution in [0.25, 0.3) is 0 Å². The zero-order valence-electron chi connectivity index (χ0n) is 20.6. The Kier molecular flexibility index (Phi) is 7.51. The molecule has 0 aliphatic heterocycles. The summed E-state index contributed by atoms with van der Waals surface area (Å²) < 4.78 is 27.6. The van der Waals surface area contributed by atoms with Gasteiger partial charge in [0, 0.05) is 6.26 Å². The summed E-state index contributed by atoms with van der Waals surface area (Å²) in [4.78, 5) is 4.62. The quantitative estimate of drug-likeness (QED) is 0.256. The molecule has 1 heterocycles. The number of aromatic nitrogens is 3. The van der Waals surface area contributed by atoms with Crippen molar-refractivity contribution >= 4 is 9.84 Å². The van der Waals surface area contributed by atoms with Crippen LogP contribution in [0.15, 0.2) is 97.3 Å². The fourth-order valence-corrected chi connectivity index (χ4v) is 6.03. The molecule has 0 aliphatic rings. The third kappa shape index (κ3) is 4.94. The van der Waals surface area contributed by atoms with Gasteiger partial charge >= 0.3 is 0 Å². The molecule has 1 atom stereocenters.